The zero-order valence-electron chi connectivity index (χ0n) is 24.9. The highest BCUT2D eigenvalue weighted by Gasteiger charge is 2.29. The molecule has 7 nitrogen and oxygen atoms in total. The average Bonchev–Trinajstić information content (AvgIpc) is 3.05. The smallest absolute Gasteiger partial charge is 0.313 e. The number of pyridine rings is 1. The van der Waals surface area contributed by atoms with E-state index in [1.165, 1.54) is 0 Å². The molecule has 0 radical (unpaired) electrons. The molecule has 1 amide bonds. The maximum atomic E-state index is 13.0. The van der Waals surface area contributed by atoms with E-state index in [9.17, 15) is 14.7 Å². The minimum Gasteiger partial charge on any atom is -0.493 e. The van der Waals surface area contributed by atoms with Crippen molar-refractivity contribution in [3.63, 3.8) is 0 Å². The monoisotopic (exact) mass is 586 g/mol. The van der Waals surface area contributed by atoms with E-state index in [-0.39, 0.29) is 18.4 Å². The number of nitrogens with one attached hydrogen (secondary N) is 1. The van der Waals surface area contributed by atoms with Gasteiger partial charge in [-0.25, -0.2) is 4.98 Å². The van der Waals surface area contributed by atoms with E-state index >= 15 is 0 Å². The molecule has 0 unspecified atom stereocenters. The zero-order chi connectivity index (χ0) is 31.1. The molecule has 0 saturated heterocycles. The standard InChI is InChI=1S/C37H34N2O5/c1-37(2,36(41)42)29-17-10-16-28(24-29)30-18-11-19-33(38-30)39-34(40)23-25-20-21-31(32(22-25)43-3)44-35(26-12-6-4-7-13-26)27-14-8-5-9-15-27/h4-22,24,35H,23H2,1-3H3,(H,41,42)(H,38,39,40). The first-order valence-electron chi connectivity index (χ1n) is 14.3. The largest absolute Gasteiger partial charge is 0.493 e. The Morgan fingerprint density at radius 2 is 1.45 bits per heavy atom. The van der Waals surface area contributed by atoms with Crippen molar-refractivity contribution in [1.29, 1.82) is 0 Å². The number of carbonyl (C=O) groups excluding carboxylic acids is 1. The molecule has 0 fully saturated rings. The second-order valence-electron chi connectivity index (χ2n) is 10.9. The molecular weight excluding hydrogens is 552 g/mol. The third-order valence-corrected chi connectivity index (χ3v) is 7.47. The number of ether oxygens (including phenoxy) is 2. The van der Waals surface area contributed by atoms with E-state index in [0.29, 0.717) is 28.6 Å². The van der Waals surface area contributed by atoms with E-state index in [1.54, 1.807) is 39.2 Å². The van der Waals surface area contributed by atoms with Crippen molar-refractivity contribution in [1.82, 2.24) is 4.98 Å². The van der Waals surface area contributed by atoms with Gasteiger partial charge in [0.1, 0.15) is 11.9 Å². The number of carboxylic acid groups (broad SMARTS) is 1. The summed E-state index contributed by atoms with van der Waals surface area (Å²) in [5, 5.41) is 12.5. The highest BCUT2D eigenvalue weighted by atomic mass is 16.5. The summed E-state index contributed by atoms with van der Waals surface area (Å²) < 4.78 is 12.2. The van der Waals surface area contributed by atoms with Crippen LogP contribution in [-0.4, -0.2) is 29.1 Å². The van der Waals surface area contributed by atoms with E-state index in [1.807, 2.05) is 103 Å². The van der Waals surface area contributed by atoms with Gasteiger partial charge in [0, 0.05) is 5.56 Å². The van der Waals surface area contributed by atoms with Crippen LogP contribution in [0.4, 0.5) is 5.82 Å². The maximum Gasteiger partial charge on any atom is 0.313 e. The Labute approximate surface area is 257 Å². The molecule has 4 aromatic carbocycles. The summed E-state index contributed by atoms with van der Waals surface area (Å²) in [7, 11) is 1.58. The Morgan fingerprint density at radius 3 is 2.09 bits per heavy atom. The summed E-state index contributed by atoms with van der Waals surface area (Å²) in [6.07, 6.45) is -0.235. The Morgan fingerprint density at radius 1 is 0.795 bits per heavy atom. The Bertz CT molecular complexity index is 1710. The van der Waals surface area contributed by atoms with E-state index in [2.05, 4.69) is 10.3 Å². The summed E-state index contributed by atoms with van der Waals surface area (Å²) >= 11 is 0. The number of nitrogens with zero attached hydrogens (tertiary/aromatic N) is 1. The molecule has 1 heterocycles. The van der Waals surface area contributed by atoms with Gasteiger partial charge in [0.2, 0.25) is 5.91 Å². The van der Waals surface area contributed by atoms with Gasteiger partial charge in [-0.15, -0.1) is 0 Å². The van der Waals surface area contributed by atoms with Gasteiger partial charge >= 0.3 is 5.97 Å². The molecule has 7 heteroatoms. The quantitative estimate of drug-likeness (QED) is 0.167. The molecule has 0 saturated carbocycles. The van der Waals surface area contributed by atoms with Gasteiger partial charge < -0.3 is 19.9 Å². The van der Waals surface area contributed by atoms with Crippen molar-refractivity contribution in [3.8, 4) is 22.8 Å². The van der Waals surface area contributed by atoms with Crippen LogP contribution < -0.4 is 14.8 Å². The predicted octanol–water partition coefficient (Wildman–Crippen LogP) is 7.47. The van der Waals surface area contributed by atoms with Gasteiger partial charge in [-0.3, -0.25) is 9.59 Å². The normalized spacial score (nSPS) is 11.2. The minimum atomic E-state index is -1.05. The van der Waals surface area contributed by atoms with Crippen molar-refractivity contribution < 1.29 is 24.2 Å². The Hall–Kier alpha value is -5.43. The molecule has 5 rings (SSSR count). The molecule has 0 aliphatic rings. The summed E-state index contributed by atoms with van der Waals surface area (Å²) in [6.45, 7) is 3.33. The number of aromatic nitrogens is 1. The second kappa shape index (κ2) is 13.3. The third kappa shape index (κ3) is 6.95. The van der Waals surface area contributed by atoms with Gasteiger partial charge in [-0.05, 0) is 66.4 Å². The van der Waals surface area contributed by atoms with Gasteiger partial charge in [0.25, 0.3) is 0 Å². The lowest BCUT2D eigenvalue weighted by Gasteiger charge is -2.22. The topological polar surface area (TPSA) is 97.8 Å². The fourth-order valence-corrected chi connectivity index (χ4v) is 4.86. The lowest BCUT2D eigenvalue weighted by Crippen LogP contribution is -2.28. The molecule has 0 atom stereocenters. The molecule has 1 aromatic heterocycles. The highest BCUT2D eigenvalue weighted by molar-refractivity contribution is 5.91. The first-order chi connectivity index (χ1) is 21.2. The predicted molar refractivity (Wildman–Crippen MR) is 171 cm³/mol. The Balaban J connectivity index is 1.30. The SMILES string of the molecule is COc1cc(CC(=O)Nc2cccc(-c3cccc(C(C)(C)C(=O)O)c3)n2)ccc1OC(c1ccccc1)c1ccccc1. The average molecular weight is 587 g/mol. The van der Waals surface area contributed by atoms with Gasteiger partial charge in [-0.2, -0.15) is 0 Å². The lowest BCUT2D eigenvalue weighted by molar-refractivity contribution is -0.142. The van der Waals surface area contributed by atoms with Gasteiger partial charge in [0.05, 0.1) is 24.6 Å². The number of hydrogen-bond donors (Lipinski definition) is 2. The molecule has 5 aromatic rings. The van der Waals surface area contributed by atoms with E-state index in [0.717, 1.165) is 22.3 Å². The van der Waals surface area contributed by atoms with E-state index < -0.39 is 11.4 Å². The van der Waals surface area contributed by atoms with Crippen LogP contribution in [0.2, 0.25) is 0 Å². The molecule has 0 aliphatic heterocycles. The van der Waals surface area contributed by atoms with Crippen molar-refractivity contribution in [3.05, 3.63) is 144 Å². The number of methoxy groups -OCH3 is 1. The molecule has 0 spiro atoms. The number of benzene rings is 4. The van der Waals surface area contributed by atoms with Crippen LogP contribution in [-0.2, 0) is 21.4 Å². The van der Waals surface area contributed by atoms with Gasteiger partial charge in [-0.1, -0.05) is 91.0 Å². The van der Waals surface area contributed by atoms with E-state index in [4.69, 9.17) is 9.47 Å². The van der Waals surface area contributed by atoms with Crippen LogP contribution in [0.5, 0.6) is 11.5 Å². The second-order valence-corrected chi connectivity index (χ2v) is 10.9. The fourth-order valence-electron chi connectivity index (χ4n) is 4.86. The highest BCUT2D eigenvalue weighted by Crippen LogP contribution is 2.35. The van der Waals surface area contributed by atoms with Gasteiger partial charge in [0.15, 0.2) is 11.5 Å². The number of amides is 1. The van der Waals surface area contributed by atoms with Crippen LogP contribution in [0, 0.1) is 0 Å². The molecule has 2 N–H and O–H groups in total. The number of rotatable bonds is 11. The van der Waals surface area contributed by atoms with Crippen LogP contribution in [0.15, 0.2) is 121 Å². The minimum absolute atomic E-state index is 0.103. The van der Waals surface area contributed by atoms with Crippen LogP contribution in [0.3, 0.4) is 0 Å². The first-order valence-corrected chi connectivity index (χ1v) is 14.3. The molecular formula is C37H34N2O5. The van der Waals surface area contributed by atoms with Crippen molar-refractivity contribution in [2.75, 3.05) is 12.4 Å². The van der Waals surface area contributed by atoms with Crippen LogP contribution in [0.25, 0.3) is 11.3 Å². The number of hydrogen-bond acceptors (Lipinski definition) is 5. The summed E-state index contributed by atoms with van der Waals surface area (Å²) in [5.74, 6) is 0.342. The molecule has 44 heavy (non-hydrogen) atoms. The zero-order valence-corrected chi connectivity index (χ0v) is 24.9. The third-order valence-electron chi connectivity index (χ3n) is 7.47. The molecule has 222 valence electrons. The maximum absolute atomic E-state index is 13.0. The summed E-state index contributed by atoms with van der Waals surface area (Å²) in [5.41, 5.74) is 3.78. The number of anilines is 1. The van der Waals surface area contributed by atoms with Crippen LogP contribution in [0.1, 0.15) is 42.2 Å². The number of carbonyl (C=O) groups is 2. The fraction of sp³-hybridized carbons (Fsp3) is 0.162. The molecule has 0 aliphatic carbocycles. The van der Waals surface area contributed by atoms with Crippen molar-refractivity contribution in [2.24, 2.45) is 0 Å². The van der Waals surface area contributed by atoms with Crippen molar-refractivity contribution in [2.45, 2.75) is 31.8 Å². The lowest BCUT2D eigenvalue weighted by atomic mass is 9.84. The Kier molecular flexibility index (Phi) is 9.05. The summed E-state index contributed by atoms with van der Waals surface area (Å²) in [6, 6.07) is 38.1. The number of aliphatic carboxylic acids is 1. The van der Waals surface area contributed by atoms with Crippen LogP contribution >= 0.6 is 0 Å². The number of carboxylic acids is 1. The first kappa shape index (κ1) is 30.0. The molecule has 0 bridgehead atoms. The summed E-state index contributed by atoms with van der Waals surface area (Å²) in [4.78, 5) is 29.4. The van der Waals surface area contributed by atoms with Crippen molar-refractivity contribution >= 4 is 17.7 Å².